The number of methoxy groups -OCH3 is 1. The molecule has 4 heteroatoms. The van der Waals surface area contributed by atoms with Crippen molar-refractivity contribution in [1.82, 2.24) is 0 Å². The van der Waals surface area contributed by atoms with E-state index in [4.69, 9.17) is 14.2 Å². The van der Waals surface area contributed by atoms with E-state index in [0.29, 0.717) is 11.5 Å². The summed E-state index contributed by atoms with van der Waals surface area (Å²) >= 11 is 0. The molecule has 4 nitrogen and oxygen atoms in total. The van der Waals surface area contributed by atoms with Crippen LogP contribution in [0.5, 0.6) is 11.5 Å². The van der Waals surface area contributed by atoms with E-state index in [9.17, 15) is 4.79 Å². The molecule has 0 aliphatic heterocycles. The molecule has 0 spiro atoms. The summed E-state index contributed by atoms with van der Waals surface area (Å²) in [4.78, 5) is 11.3. The van der Waals surface area contributed by atoms with Crippen molar-refractivity contribution in [2.45, 2.75) is 20.3 Å². The van der Waals surface area contributed by atoms with Gasteiger partial charge in [0.05, 0.1) is 0 Å². The zero-order valence-corrected chi connectivity index (χ0v) is 11.9. The predicted octanol–water partition coefficient (Wildman–Crippen LogP) is 3.31. The predicted molar refractivity (Wildman–Crippen MR) is 77.1 cm³/mol. The second-order valence-electron chi connectivity index (χ2n) is 4.43. The highest BCUT2D eigenvalue weighted by Crippen LogP contribution is 2.34. The minimum Gasteiger partial charge on any atom is -0.467 e. The summed E-state index contributed by atoms with van der Waals surface area (Å²) in [7, 11) is 1.56. The lowest BCUT2D eigenvalue weighted by atomic mass is 10.0. The molecule has 0 N–H and O–H groups in total. The number of aryl methyl sites for hydroxylation is 1. The molecule has 106 valence electrons. The van der Waals surface area contributed by atoms with Gasteiger partial charge in [0.2, 0.25) is 0 Å². The monoisotopic (exact) mass is 274 g/mol. The lowest BCUT2D eigenvalue weighted by Gasteiger charge is -2.13. The zero-order valence-electron chi connectivity index (χ0n) is 11.9. The molecule has 20 heavy (non-hydrogen) atoms. The van der Waals surface area contributed by atoms with Gasteiger partial charge in [-0.15, -0.1) is 0 Å². The molecule has 2 rings (SSSR count). The van der Waals surface area contributed by atoms with Gasteiger partial charge in [0.25, 0.3) is 0 Å². The van der Waals surface area contributed by atoms with E-state index >= 15 is 0 Å². The van der Waals surface area contributed by atoms with Crippen LogP contribution in [-0.2, 0) is 16.0 Å². The van der Waals surface area contributed by atoms with Gasteiger partial charge in [-0.05, 0) is 23.4 Å². The van der Waals surface area contributed by atoms with E-state index < -0.39 is 0 Å². The van der Waals surface area contributed by atoms with Crippen LogP contribution >= 0.6 is 0 Å². The Morgan fingerprint density at radius 2 is 2.05 bits per heavy atom. The molecular weight excluding hydrogens is 256 g/mol. The molecule has 0 unspecified atom stereocenters. The Hall–Kier alpha value is -2.07. The lowest BCUT2D eigenvalue weighted by Crippen LogP contribution is -2.04. The molecule has 0 aliphatic rings. The molecule has 0 radical (unpaired) electrons. The normalized spacial score (nSPS) is 10.6. The van der Waals surface area contributed by atoms with Crippen LogP contribution < -0.4 is 9.47 Å². The fourth-order valence-electron chi connectivity index (χ4n) is 2.18. The van der Waals surface area contributed by atoms with Crippen molar-refractivity contribution in [3.05, 3.63) is 35.9 Å². The van der Waals surface area contributed by atoms with Crippen molar-refractivity contribution in [1.29, 1.82) is 0 Å². The Morgan fingerprint density at radius 3 is 2.70 bits per heavy atom. The van der Waals surface area contributed by atoms with Gasteiger partial charge in [-0.25, -0.2) is 0 Å². The first kappa shape index (κ1) is 14.3. The fraction of sp³-hybridized carbons (Fsp3) is 0.312. The summed E-state index contributed by atoms with van der Waals surface area (Å²) in [5.74, 6) is 0.795. The Bertz CT molecular complexity index is 619. The minimum absolute atomic E-state index is 0.151. The maximum atomic E-state index is 11.3. The standard InChI is InChI=1S/C16H18O4/c1-4-12-6-5-7-13-8-14(19-10-18-3)9-15(16(12)13)20-11(2)17/h5-9H,4,10H2,1-3H3. The van der Waals surface area contributed by atoms with Crippen molar-refractivity contribution >= 4 is 16.7 Å². The van der Waals surface area contributed by atoms with Gasteiger partial charge < -0.3 is 14.2 Å². The van der Waals surface area contributed by atoms with Crippen LogP contribution in [0.1, 0.15) is 19.4 Å². The molecule has 0 atom stereocenters. The largest absolute Gasteiger partial charge is 0.467 e. The molecule has 0 fully saturated rings. The Kier molecular flexibility index (Phi) is 4.58. The molecule has 0 bridgehead atoms. The summed E-state index contributed by atoms with van der Waals surface area (Å²) in [5, 5.41) is 1.93. The maximum Gasteiger partial charge on any atom is 0.308 e. The third-order valence-corrected chi connectivity index (χ3v) is 2.98. The first-order chi connectivity index (χ1) is 9.65. The number of fused-ring (bicyclic) bond motifs is 1. The molecule has 0 amide bonds. The van der Waals surface area contributed by atoms with Gasteiger partial charge in [-0.3, -0.25) is 4.79 Å². The number of benzene rings is 2. The Morgan fingerprint density at radius 1 is 1.25 bits per heavy atom. The van der Waals surface area contributed by atoms with Crippen molar-refractivity contribution in [2.24, 2.45) is 0 Å². The number of hydrogen-bond donors (Lipinski definition) is 0. The fourth-order valence-corrected chi connectivity index (χ4v) is 2.18. The van der Waals surface area contributed by atoms with E-state index in [1.807, 2.05) is 24.3 Å². The van der Waals surface area contributed by atoms with E-state index in [0.717, 1.165) is 22.8 Å². The van der Waals surface area contributed by atoms with Gasteiger partial charge in [0.1, 0.15) is 11.5 Å². The zero-order chi connectivity index (χ0) is 14.5. The molecule has 2 aromatic carbocycles. The quantitative estimate of drug-likeness (QED) is 0.476. The van der Waals surface area contributed by atoms with E-state index in [2.05, 4.69) is 6.92 Å². The number of carbonyl (C=O) groups is 1. The van der Waals surface area contributed by atoms with Gasteiger partial charge in [0, 0.05) is 25.5 Å². The highest BCUT2D eigenvalue weighted by atomic mass is 16.7. The number of ether oxygens (including phenoxy) is 3. The summed E-state index contributed by atoms with van der Waals surface area (Å²) < 4.78 is 15.7. The molecule has 0 saturated carbocycles. The molecule has 0 aromatic heterocycles. The second kappa shape index (κ2) is 6.39. The van der Waals surface area contributed by atoms with Crippen LogP contribution in [0.2, 0.25) is 0 Å². The summed E-state index contributed by atoms with van der Waals surface area (Å²) in [6.07, 6.45) is 0.865. The van der Waals surface area contributed by atoms with Crippen LogP contribution in [-0.4, -0.2) is 19.9 Å². The average molecular weight is 274 g/mol. The van der Waals surface area contributed by atoms with Crippen molar-refractivity contribution in [3.63, 3.8) is 0 Å². The van der Waals surface area contributed by atoms with Crippen LogP contribution in [0, 0.1) is 0 Å². The summed E-state index contributed by atoms with van der Waals surface area (Å²) in [5.41, 5.74) is 1.14. The first-order valence-electron chi connectivity index (χ1n) is 6.51. The van der Waals surface area contributed by atoms with E-state index in [1.165, 1.54) is 6.92 Å². The molecule has 0 saturated heterocycles. The van der Waals surface area contributed by atoms with E-state index in [-0.39, 0.29) is 12.8 Å². The van der Waals surface area contributed by atoms with Gasteiger partial charge in [-0.2, -0.15) is 0 Å². The van der Waals surface area contributed by atoms with Crippen molar-refractivity contribution in [2.75, 3.05) is 13.9 Å². The van der Waals surface area contributed by atoms with Gasteiger partial charge in [0.15, 0.2) is 6.79 Å². The van der Waals surface area contributed by atoms with Crippen LogP contribution in [0.3, 0.4) is 0 Å². The number of carbonyl (C=O) groups excluding carboxylic acids is 1. The molecule has 0 aliphatic carbocycles. The first-order valence-corrected chi connectivity index (χ1v) is 6.51. The number of esters is 1. The Balaban J connectivity index is 2.58. The van der Waals surface area contributed by atoms with Crippen molar-refractivity contribution < 1.29 is 19.0 Å². The number of hydrogen-bond acceptors (Lipinski definition) is 4. The van der Waals surface area contributed by atoms with Crippen LogP contribution in [0.4, 0.5) is 0 Å². The van der Waals surface area contributed by atoms with Crippen LogP contribution in [0.15, 0.2) is 30.3 Å². The average Bonchev–Trinajstić information content (AvgIpc) is 2.43. The third-order valence-electron chi connectivity index (χ3n) is 2.98. The molecule has 0 heterocycles. The Labute approximate surface area is 118 Å². The summed E-state index contributed by atoms with van der Waals surface area (Å²) in [6.45, 7) is 3.61. The molecule has 2 aromatic rings. The van der Waals surface area contributed by atoms with Crippen molar-refractivity contribution in [3.8, 4) is 11.5 Å². The smallest absolute Gasteiger partial charge is 0.308 e. The highest BCUT2D eigenvalue weighted by Gasteiger charge is 2.11. The number of rotatable bonds is 5. The SMILES string of the molecule is CCc1cccc2cc(OCOC)cc(OC(C)=O)c12. The van der Waals surface area contributed by atoms with Gasteiger partial charge in [-0.1, -0.05) is 25.1 Å². The third kappa shape index (κ3) is 3.08. The van der Waals surface area contributed by atoms with Gasteiger partial charge >= 0.3 is 5.97 Å². The maximum absolute atomic E-state index is 11.3. The second-order valence-corrected chi connectivity index (χ2v) is 4.43. The van der Waals surface area contributed by atoms with E-state index in [1.54, 1.807) is 13.2 Å². The topological polar surface area (TPSA) is 44.8 Å². The lowest BCUT2D eigenvalue weighted by molar-refractivity contribution is -0.131. The highest BCUT2D eigenvalue weighted by molar-refractivity contribution is 5.94. The summed E-state index contributed by atoms with van der Waals surface area (Å²) in [6, 6.07) is 9.63. The van der Waals surface area contributed by atoms with Crippen LogP contribution in [0.25, 0.3) is 10.8 Å². The minimum atomic E-state index is -0.346. The molecular formula is C16H18O4.